The van der Waals surface area contributed by atoms with Gasteiger partial charge in [0, 0.05) is 16.5 Å². The van der Waals surface area contributed by atoms with Crippen molar-refractivity contribution >= 4 is 23.4 Å². The molecule has 3 rings (SSSR count). The van der Waals surface area contributed by atoms with Gasteiger partial charge in [0.1, 0.15) is 5.75 Å². The predicted molar refractivity (Wildman–Crippen MR) is 116 cm³/mol. The van der Waals surface area contributed by atoms with E-state index in [2.05, 4.69) is 39.6 Å². The van der Waals surface area contributed by atoms with Gasteiger partial charge in [-0.25, -0.2) is 0 Å². The highest BCUT2D eigenvalue weighted by Crippen LogP contribution is 2.27. The highest BCUT2D eigenvalue weighted by Gasteiger charge is 2.20. The Balaban J connectivity index is 1.75. The molecule has 0 saturated heterocycles. The average Bonchev–Trinajstić information content (AvgIpc) is 3.09. The number of halogens is 1. The summed E-state index contributed by atoms with van der Waals surface area (Å²) in [7, 11) is 4.07. The van der Waals surface area contributed by atoms with Crippen molar-refractivity contribution in [1.29, 1.82) is 0 Å². The van der Waals surface area contributed by atoms with E-state index in [0.717, 1.165) is 28.2 Å². The quantitative estimate of drug-likeness (QED) is 0.381. The van der Waals surface area contributed by atoms with Crippen LogP contribution < -0.4 is 4.74 Å². The molecule has 1 unspecified atom stereocenters. The number of aromatic nitrogens is 3. The van der Waals surface area contributed by atoms with E-state index in [1.165, 1.54) is 5.56 Å². The van der Waals surface area contributed by atoms with Crippen LogP contribution in [-0.4, -0.2) is 46.1 Å². The van der Waals surface area contributed by atoms with Crippen molar-refractivity contribution < 1.29 is 4.74 Å². The molecule has 0 N–H and O–H groups in total. The van der Waals surface area contributed by atoms with Crippen LogP contribution in [0.1, 0.15) is 24.4 Å². The van der Waals surface area contributed by atoms with Crippen LogP contribution in [0, 0.1) is 6.92 Å². The van der Waals surface area contributed by atoms with E-state index in [4.69, 9.17) is 16.3 Å². The summed E-state index contributed by atoms with van der Waals surface area (Å²) >= 11 is 7.70. The summed E-state index contributed by atoms with van der Waals surface area (Å²) < 4.78 is 7.95. The lowest BCUT2D eigenvalue weighted by molar-refractivity contribution is 0.305. The van der Waals surface area contributed by atoms with E-state index in [0.29, 0.717) is 11.6 Å². The third-order valence-electron chi connectivity index (χ3n) is 4.46. The molecule has 1 atom stereocenters. The van der Waals surface area contributed by atoms with Crippen LogP contribution in [-0.2, 0) is 0 Å². The lowest BCUT2D eigenvalue weighted by Gasteiger charge is -2.20. The van der Waals surface area contributed by atoms with Crippen LogP contribution in [0.15, 0.2) is 53.7 Å². The molecule has 2 aromatic carbocycles. The van der Waals surface area contributed by atoms with Crippen molar-refractivity contribution in [3.05, 3.63) is 64.9 Å². The summed E-state index contributed by atoms with van der Waals surface area (Å²) in [6, 6.07) is 16.0. The molecule has 0 bridgehead atoms. The first kappa shape index (κ1) is 20.7. The molecule has 0 aliphatic carbocycles. The Hall–Kier alpha value is -2.02. The smallest absolute Gasteiger partial charge is 0.196 e. The fourth-order valence-electron chi connectivity index (χ4n) is 2.71. The monoisotopic (exact) mass is 416 g/mol. The average molecular weight is 417 g/mol. The van der Waals surface area contributed by atoms with Gasteiger partial charge in [0.05, 0.1) is 12.6 Å². The maximum Gasteiger partial charge on any atom is 0.196 e. The third-order valence-corrected chi connectivity index (χ3v) is 5.61. The van der Waals surface area contributed by atoms with Crippen LogP contribution in [0.3, 0.4) is 0 Å². The van der Waals surface area contributed by atoms with E-state index < -0.39 is 0 Å². The Bertz CT molecular complexity index is 911. The van der Waals surface area contributed by atoms with Crippen LogP contribution in [0.4, 0.5) is 0 Å². The molecule has 7 heteroatoms. The number of rotatable bonds is 8. The van der Waals surface area contributed by atoms with Gasteiger partial charge < -0.3 is 4.74 Å². The number of hydrogen-bond acceptors (Lipinski definition) is 5. The second kappa shape index (κ2) is 9.45. The Labute approximate surface area is 175 Å². The molecule has 0 aliphatic heterocycles. The zero-order chi connectivity index (χ0) is 20.1. The highest BCUT2D eigenvalue weighted by atomic mass is 35.5. The Morgan fingerprint density at radius 2 is 1.89 bits per heavy atom. The third kappa shape index (κ3) is 5.07. The van der Waals surface area contributed by atoms with Gasteiger partial charge in [-0.3, -0.25) is 9.47 Å². The maximum absolute atomic E-state index is 6.07. The fraction of sp³-hybridized carbons (Fsp3) is 0.333. The molecule has 148 valence electrons. The van der Waals surface area contributed by atoms with Crippen molar-refractivity contribution in [1.82, 2.24) is 19.7 Å². The van der Waals surface area contributed by atoms with E-state index in [1.54, 1.807) is 11.8 Å². The van der Waals surface area contributed by atoms with Gasteiger partial charge >= 0.3 is 0 Å². The van der Waals surface area contributed by atoms with Crippen molar-refractivity contribution in [3.8, 4) is 11.4 Å². The minimum atomic E-state index is 0.126. The van der Waals surface area contributed by atoms with E-state index in [1.807, 2.05) is 56.6 Å². The molecule has 0 saturated carbocycles. The molecular weight excluding hydrogens is 392 g/mol. The standard InChI is InChI=1S/C21H25ClN4OS/c1-15-6-5-7-19(14-15)27-12-13-28-21-24-23-20(16(2)25(3)4)26(21)18-10-8-17(22)9-11-18/h5-11,14,16H,12-13H2,1-4H3. The first-order valence-corrected chi connectivity index (χ1v) is 10.5. The van der Waals surface area contributed by atoms with Crippen molar-refractivity contribution in [2.24, 2.45) is 0 Å². The largest absolute Gasteiger partial charge is 0.493 e. The van der Waals surface area contributed by atoms with E-state index in [-0.39, 0.29) is 6.04 Å². The fourth-order valence-corrected chi connectivity index (χ4v) is 3.61. The lowest BCUT2D eigenvalue weighted by atomic mass is 10.2. The Morgan fingerprint density at radius 3 is 2.57 bits per heavy atom. The van der Waals surface area contributed by atoms with Crippen LogP contribution >= 0.6 is 23.4 Å². The van der Waals surface area contributed by atoms with Gasteiger partial charge in [-0.05, 0) is 69.9 Å². The number of ether oxygens (including phenoxy) is 1. The second-order valence-corrected chi connectivity index (χ2v) is 8.30. The van der Waals surface area contributed by atoms with E-state index >= 15 is 0 Å². The normalized spacial score (nSPS) is 12.4. The SMILES string of the molecule is Cc1cccc(OCCSc2nnc(C(C)N(C)C)n2-c2ccc(Cl)cc2)c1. The summed E-state index contributed by atoms with van der Waals surface area (Å²) in [5.41, 5.74) is 2.19. The summed E-state index contributed by atoms with van der Waals surface area (Å²) in [5, 5.41) is 10.5. The van der Waals surface area contributed by atoms with Gasteiger partial charge in [0.25, 0.3) is 0 Å². The minimum Gasteiger partial charge on any atom is -0.493 e. The molecule has 0 spiro atoms. The van der Waals surface area contributed by atoms with Crippen molar-refractivity contribution in [2.75, 3.05) is 26.5 Å². The van der Waals surface area contributed by atoms with Crippen molar-refractivity contribution in [2.45, 2.75) is 25.0 Å². The highest BCUT2D eigenvalue weighted by molar-refractivity contribution is 7.99. The van der Waals surface area contributed by atoms with Crippen LogP contribution in [0.5, 0.6) is 5.75 Å². The summed E-state index contributed by atoms with van der Waals surface area (Å²) in [6.45, 7) is 4.77. The van der Waals surface area contributed by atoms with Gasteiger partial charge in [0.15, 0.2) is 11.0 Å². The molecule has 0 radical (unpaired) electrons. The summed E-state index contributed by atoms with van der Waals surface area (Å²) in [5.74, 6) is 2.56. The molecule has 28 heavy (non-hydrogen) atoms. The van der Waals surface area contributed by atoms with Gasteiger partial charge in [-0.15, -0.1) is 10.2 Å². The van der Waals surface area contributed by atoms with Gasteiger partial charge in [-0.2, -0.15) is 0 Å². The van der Waals surface area contributed by atoms with Crippen LogP contribution in [0.25, 0.3) is 5.69 Å². The van der Waals surface area contributed by atoms with E-state index in [9.17, 15) is 0 Å². The molecular formula is C21H25ClN4OS. The van der Waals surface area contributed by atoms with Gasteiger partial charge in [0.2, 0.25) is 0 Å². The maximum atomic E-state index is 6.07. The molecule has 0 amide bonds. The molecule has 3 aromatic rings. The molecule has 1 aromatic heterocycles. The van der Waals surface area contributed by atoms with Crippen LogP contribution in [0.2, 0.25) is 5.02 Å². The molecule has 0 fully saturated rings. The Kier molecular flexibility index (Phi) is 6.99. The lowest BCUT2D eigenvalue weighted by Crippen LogP contribution is -2.20. The van der Waals surface area contributed by atoms with Gasteiger partial charge in [-0.1, -0.05) is 35.5 Å². The summed E-state index contributed by atoms with van der Waals surface area (Å²) in [4.78, 5) is 2.12. The molecule has 1 heterocycles. The number of aryl methyl sites for hydroxylation is 1. The number of nitrogens with zero attached hydrogens (tertiary/aromatic N) is 4. The second-order valence-electron chi connectivity index (χ2n) is 6.81. The zero-order valence-corrected chi connectivity index (χ0v) is 18.2. The number of benzene rings is 2. The number of hydrogen-bond donors (Lipinski definition) is 0. The topological polar surface area (TPSA) is 43.2 Å². The minimum absolute atomic E-state index is 0.126. The first-order chi connectivity index (χ1) is 13.5. The van der Waals surface area contributed by atoms with Crippen molar-refractivity contribution in [3.63, 3.8) is 0 Å². The predicted octanol–water partition coefficient (Wildman–Crippen LogP) is 5.02. The summed E-state index contributed by atoms with van der Waals surface area (Å²) in [6.07, 6.45) is 0. The first-order valence-electron chi connectivity index (χ1n) is 9.15. The number of thioether (sulfide) groups is 1. The molecule has 0 aliphatic rings. The Morgan fingerprint density at radius 1 is 1.14 bits per heavy atom. The zero-order valence-electron chi connectivity index (χ0n) is 16.6. The molecule has 5 nitrogen and oxygen atoms in total.